The van der Waals surface area contributed by atoms with Crippen LogP contribution in [0, 0.1) is 5.92 Å². The van der Waals surface area contributed by atoms with Crippen LogP contribution in [0.5, 0.6) is 0 Å². The summed E-state index contributed by atoms with van der Waals surface area (Å²) in [7, 11) is 0. The summed E-state index contributed by atoms with van der Waals surface area (Å²) in [5.41, 5.74) is 2.54. The van der Waals surface area contributed by atoms with Gasteiger partial charge in [-0.05, 0) is 49.1 Å². The zero-order chi connectivity index (χ0) is 20.5. The zero-order valence-corrected chi connectivity index (χ0v) is 17.0. The van der Waals surface area contributed by atoms with E-state index in [0.717, 1.165) is 17.7 Å². The molecule has 0 saturated heterocycles. The van der Waals surface area contributed by atoms with Gasteiger partial charge in [-0.25, -0.2) is 0 Å². The molecule has 0 fully saturated rings. The lowest BCUT2D eigenvalue weighted by molar-refractivity contribution is -0.141. The van der Waals surface area contributed by atoms with Gasteiger partial charge >= 0.3 is 5.97 Å². The van der Waals surface area contributed by atoms with Gasteiger partial charge in [-0.1, -0.05) is 60.7 Å². The Kier molecular flexibility index (Phi) is 7.65. The maximum Gasteiger partial charge on any atom is 0.307 e. The van der Waals surface area contributed by atoms with Gasteiger partial charge in [-0.15, -0.1) is 11.8 Å². The van der Waals surface area contributed by atoms with Gasteiger partial charge in [0.05, 0.1) is 5.92 Å². The Morgan fingerprint density at radius 1 is 0.793 bits per heavy atom. The minimum atomic E-state index is -0.749. The number of rotatable bonds is 10. The fraction of sp³-hybridized carbons (Fsp3) is 0.200. The smallest absolute Gasteiger partial charge is 0.307 e. The summed E-state index contributed by atoms with van der Waals surface area (Å²) in [6.07, 6.45) is 2.40. The lowest BCUT2D eigenvalue weighted by Gasteiger charge is -2.12. The molecule has 3 aromatic rings. The number of carboxylic acids is 1. The summed E-state index contributed by atoms with van der Waals surface area (Å²) in [4.78, 5) is 25.0. The first-order valence-electron chi connectivity index (χ1n) is 9.73. The first-order valence-corrected chi connectivity index (χ1v) is 10.7. The van der Waals surface area contributed by atoms with E-state index in [2.05, 4.69) is 12.1 Å². The second-order valence-electron chi connectivity index (χ2n) is 6.94. The second kappa shape index (κ2) is 10.6. The minimum absolute atomic E-state index is 0.00789. The fourth-order valence-corrected chi connectivity index (χ4v) is 4.16. The normalized spacial score (nSPS) is 11.7. The molecule has 29 heavy (non-hydrogen) atoms. The topological polar surface area (TPSA) is 54.4 Å². The summed E-state index contributed by atoms with van der Waals surface area (Å²) in [6.45, 7) is 0. The first kappa shape index (κ1) is 20.9. The number of aryl methyl sites for hydroxylation is 1. The molecule has 0 saturated carbocycles. The van der Waals surface area contributed by atoms with Crippen LogP contribution >= 0.6 is 11.8 Å². The average Bonchev–Trinajstić information content (AvgIpc) is 2.77. The quantitative estimate of drug-likeness (QED) is 0.346. The molecule has 0 aromatic heterocycles. The number of hydrogen-bond donors (Lipinski definition) is 1. The van der Waals surface area contributed by atoms with Crippen LogP contribution in [0.3, 0.4) is 0 Å². The van der Waals surface area contributed by atoms with Crippen LogP contribution in [0.15, 0.2) is 89.8 Å². The molecule has 1 atom stereocenters. The number of carboxylic acid groups (broad SMARTS) is 1. The molecule has 3 aromatic carbocycles. The highest BCUT2D eigenvalue weighted by molar-refractivity contribution is 7.99. The summed E-state index contributed by atoms with van der Waals surface area (Å²) >= 11 is 1.53. The monoisotopic (exact) mass is 404 g/mol. The summed E-state index contributed by atoms with van der Waals surface area (Å²) in [6, 6.07) is 26.7. The molecule has 3 rings (SSSR count). The second-order valence-corrected chi connectivity index (χ2v) is 8.04. The van der Waals surface area contributed by atoms with Crippen molar-refractivity contribution in [3.8, 4) is 0 Å². The molecule has 0 spiro atoms. The average molecular weight is 405 g/mol. The number of aliphatic carboxylic acids is 1. The predicted molar refractivity (Wildman–Crippen MR) is 118 cm³/mol. The number of benzene rings is 3. The third-order valence-corrected chi connectivity index (χ3v) is 5.99. The highest BCUT2D eigenvalue weighted by Gasteiger charge is 2.17. The largest absolute Gasteiger partial charge is 0.481 e. The Hall–Kier alpha value is -2.85. The lowest BCUT2D eigenvalue weighted by atomic mass is 10.0. The van der Waals surface area contributed by atoms with E-state index in [4.69, 9.17) is 0 Å². The van der Waals surface area contributed by atoms with Crippen molar-refractivity contribution >= 4 is 23.5 Å². The maximum absolute atomic E-state index is 12.5. The van der Waals surface area contributed by atoms with Gasteiger partial charge in [0.25, 0.3) is 0 Å². The van der Waals surface area contributed by atoms with Gasteiger partial charge < -0.3 is 5.11 Å². The molecular weight excluding hydrogens is 380 g/mol. The van der Waals surface area contributed by atoms with E-state index in [0.29, 0.717) is 23.3 Å². The third kappa shape index (κ3) is 6.33. The van der Waals surface area contributed by atoms with Crippen LogP contribution in [-0.4, -0.2) is 22.6 Å². The van der Waals surface area contributed by atoms with Crippen molar-refractivity contribution in [1.29, 1.82) is 0 Å². The van der Waals surface area contributed by atoms with Crippen LogP contribution in [-0.2, 0) is 11.2 Å². The highest BCUT2D eigenvalue weighted by Crippen LogP contribution is 2.24. The molecule has 3 nitrogen and oxygen atoms in total. The van der Waals surface area contributed by atoms with Gasteiger partial charge in [0, 0.05) is 21.8 Å². The van der Waals surface area contributed by atoms with Crippen LogP contribution in [0.4, 0.5) is 0 Å². The predicted octanol–water partition coefficient (Wildman–Crippen LogP) is 5.73. The molecule has 0 radical (unpaired) electrons. The van der Waals surface area contributed by atoms with Gasteiger partial charge in [-0.2, -0.15) is 0 Å². The molecule has 0 amide bonds. The van der Waals surface area contributed by atoms with Gasteiger partial charge in [0.2, 0.25) is 0 Å². The van der Waals surface area contributed by atoms with Crippen LogP contribution in [0.25, 0.3) is 0 Å². The van der Waals surface area contributed by atoms with Crippen molar-refractivity contribution in [2.24, 2.45) is 5.92 Å². The summed E-state index contributed by atoms with van der Waals surface area (Å²) in [5, 5.41) is 9.53. The molecule has 0 aliphatic rings. The van der Waals surface area contributed by atoms with Crippen LogP contribution in [0.1, 0.15) is 34.3 Å². The summed E-state index contributed by atoms with van der Waals surface area (Å²) in [5.74, 6) is -0.613. The van der Waals surface area contributed by atoms with E-state index < -0.39 is 5.97 Å². The van der Waals surface area contributed by atoms with E-state index in [-0.39, 0.29) is 11.7 Å². The number of hydrogen-bond acceptors (Lipinski definition) is 3. The Bertz CT molecular complexity index is 921. The van der Waals surface area contributed by atoms with E-state index >= 15 is 0 Å². The minimum Gasteiger partial charge on any atom is -0.481 e. The van der Waals surface area contributed by atoms with Gasteiger partial charge in [0.15, 0.2) is 5.78 Å². The van der Waals surface area contributed by atoms with Crippen LogP contribution in [0.2, 0.25) is 0 Å². The third-order valence-electron chi connectivity index (χ3n) is 4.81. The molecular formula is C25H24O3S. The SMILES string of the molecule is O=C(c1ccccc1)c1ccc(SCC(CCCc2ccccc2)C(=O)O)cc1. The van der Waals surface area contributed by atoms with Crippen molar-refractivity contribution < 1.29 is 14.7 Å². The maximum atomic E-state index is 12.5. The van der Waals surface area contributed by atoms with Crippen molar-refractivity contribution in [3.63, 3.8) is 0 Å². The molecule has 0 aliphatic carbocycles. The zero-order valence-electron chi connectivity index (χ0n) is 16.2. The Balaban J connectivity index is 1.51. The summed E-state index contributed by atoms with van der Waals surface area (Å²) < 4.78 is 0. The highest BCUT2D eigenvalue weighted by atomic mass is 32.2. The molecule has 0 heterocycles. The van der Waals surface area contributed by atoms with Gasteiger partial charge in [0.1, 0.15) is 0 Å². The number of thioether (sulfide) groups is 1. The van der Waals surface area contributed by atoms with E-state index in [1.165, 1.54) is 17.3 Å². The Morgan fingerprint density at radius 3 is 2.00 bits per heavy atom. The number of ketones is 1. The van der Waals surface area contributed by atoms with E-state index in [1.807, 2.05) is 60.7 Å². The molecule has 1 unspecified atom stereocenters. The van der Waals surface area contributed by atoms with E-state index in [1.54, 1.807) is 12.1 Å². The van der Waals surface area contributed by atoms with Crippen molar-refractivity contribution in [2.45, 2.75) is 24.2 Å². The molecule has 4 heteroatoms. The number of carbonyl (C=O) groups is 2. The van der Waals surface area contributed by atoms with Crippen molar-refractivity contribution in [1.82, 2.24) is 0 Å². The van der Waals surface area contributed by atoms with Crippen LogP contribution < -0.4 is 0 Å². The standard InChI is InChI=1S/C25H24O3S/c26-24(20-11-5-2-6-12-20)21-14-16-23(17-15-21)29-18-22(25(27)28)13-7-10-19-8-3-1-4-9-19/h1-6,8-9,11-12,14-17,22H,7,10,13,18H2,(H,27,28). The first-order chi connectivity index (χ1) is 14.1. The van der Waals surface area contributed by atoms with Crippen molar-refractivity contribution in [3.05, 3.63) is 102 Å². The lowest BCUT2D eigenvalue weighted by Crippen LogP contribution is -2.16. The Morgan fingerprint density at radius 2 is 1.38 bits per heavy atom. The molecule has 1 N–H and O–H groups in total. The Labute approximate surface area is 175 Å². The van der Waals surface area contributed by atoms with Gasteiger partial charge in [-0.3, -0.25) is 9.59 Å². The number of carbonyl (C=O) groups excluding carboxylic acids is 1. The molecule has 148 valence electrons. The van der Waals surface area contributed by atoms with E-state index in [9.17, 15) is 14.7 Å². The fourth-order valence-electron chi connectivity index (χ4n) is 3.13. The molecule has 0 bridgehead atoms. The molecule has 0 aliphatic heterocycles. The van der Waals surface area contributed by atoms with Crippen molar-refractivity contribution in [2.75, 3.05) is 5.75 Å².